The number of piperazine rings is 1. The lowest BCUT2D eigenvalue weighted by Gasteiger charge is -2.39. The molecule has 0 bridgehead atoms. The Labute approximate surface area is 356 Å². The van der Waals surface area contributed by atoms with Crippen LogP contribution in [0.4, 0.5) is 35.9 Å². The molecule has 4 amide bonds. The number of hydrogen-bond acceptors (Lipinski definition) is 10. The van der Waals surface area contributed by atoms with Gasteiger partial charge in [-0.25, -0.2) is 0 Å². The first-order valence-electron chi connectivity index (χ1n) is 20.1. The van der Waals surface area contributed by atoms with E-state index in [1.165, 1.54) is 6.07 Å². The topological polar surface area (TPSA) is 150 Å². The molecule has 322 valence electrons. The van der Waals surface area contributed by atoms with Gasteiger partial charge in [0.2, 0.25) is 17.7 Å². The molecule has 7 rings (SSSR count). The second kappa shape index (κ2) is 17.2. The maximum absolute atomic E-state index is 13.8. The van der Waals surface area contributed by atoms with E-state index in [1.807, 2.05) is 18.2 Å². The Balaban J connectivity index is 0.00000290. The maximum Gasteiger partial charge on any atom is 0.417 e. The number of piperidine rings is 1. The first kappa shape index (κ1) is 42.6. The minimum atomic E-state index is -4.79. The highest BCUT2D eigenvalue weighted by atomic mass is 32.1. The molecule has 2 atom stereocenters. The molecule has 0 radical (unpaired) electrons. The third-order valence-electron chi connectivity index (χ3n) is 11.7. The fourth-order valence-electron chi connectivity index (χ4n) is 8.20. The average Bonchev–Trinajstić information content (AvgIpc) is 3.35. The molecule has 3 heterocycles. The first-order chi connectivity index (χ1) is 28.5. The molecular formula is C43H53F3N8O5S. The molecule has 13 nitrogen and oxygen atoms in total. The van der Waals surface area contributed by atoms with Crippen molar-refractivity contribution in [2.45, 2.75) is 82.6 Å². The zero-order valence-electron chi connectivity index (χ0n) is 33.6. The van der Waals surface area contributed by atoms with Crippen molar-refractivity contribution in [3.05, 3.63) is 77.4 Å². The van der Waals surface area contributed by atoms with Crippen LogP contribution < -0.4 is 30.5 Å². The van der Waals surface area contributed by atoms with Crippen molar-refractivity contribution in [3.8, 4) is 11.8 Å². The Morgan fingerprint density at radius 3 is 2.47 bits per heavy atom. The van der Waals surface area contributed by atoms with E-state index in [0.29, 0.717) is 43.2 Å². The number of nitrogens with zero attached hydrogens (tertiary/aromatic N) is 5. The maximum atomic E-state index is 13.8. The number of carbonyl (C=O) groups is 4. The molecule has 3 aromatic rings. The van der Waals surface area contributed by atoms with Crippen LogP contribution in [0.3, 0.4) is 0 Å². The summed E-state index contributed by atoms with van der Waals surface area (Å²) in [5.74, 6) is -0.306. The molecule has 1 unspecified atom stereocenters. The van der Waals surface area contributed by atoms with Crippen LogP contribution in [-0.2, 0) is 25.4 Å². The predicted octanol–water partition coefficient (Wildman–Crippen LogP) is 6.74. The third kappa shape index (κ3) is 8.96. The van der Waals surface area contributed by atoms with Crippen molar-refractivity contribution < 1.29 is 41.4 Å². The standard InChI is InChI=1S/C43H47F3N8O5S.3H2/c1-26-24-51(16-17-52(26)25-38(56)49-30-9-5-8-29(20-30)48-35-13-15-37(55)50-39(35)57)18-19-59-36-14-12-32(21-33(36)27-6-4-7-27)54-41(60)53(40(58)42(54,2)3)31-11-10-28(23-47)34(22-31)43(44,45)46;;;/h5,8-12,14,20-22,26-27,35,48H,4,6-7,13,15-19,24-25H2,1-3H3,(H,49,56)(H,50,55,57);3*1H/t26-,35?;;;/m1.../s1. The number of nitrogens with one attached hydrogen (secondary N) is 3. The lowest BCUT2D eigenvalue weighted by Crippen LogP contribution is -2.54. The number of thiocarbonyl (C=S) groups is 1. The van der Waals surface area contributed by atoms with E-state index < -0.39 is 34.8 Å². The number of alkyl halides is 3. The zero-order chi connectivity index (χ0) is 42.9. The fourth-order valence-corrected chi connectivity index (χ4v) is 8.72. The molecule has 1 saturated carbocycles. The normalized spacial score (nSPS) is 21.4. The van der Waals surface area contributed by atoms with Crippen LogP contribution in [0.1, 0.15) is 79.8 Å². The minimum Gasteiger partial charge on any atom is -0.492 e. The number of imide groups is 1. The number of hydrogen-bond donors (Lipinski definition) is 3. The van der Waals surface area contributed by atoms with Crippen molar-refractivity contribution in [2.24, 2.45) is 0 Å². The van der Waals surface area contributed by atoms with Crippen LogP contribution >= 0.6 is 12.2 Å². The van der Waals surface area contributed by atoms with Gasteiger partial charge >= 0.3 is 6.18 Å². The smallest absolute Gasteiger partial charge is 0.417 e. The number of halogens is 3. The van der Waals surface area contributed by atoms with Crippen LogP contribution in [0, 0.1) is 11.3 Å². The summed E-state index contributed by atoms with van der Waals surface area (Å²) in [7, 11) is 0. The molecule has 3 aromatic carbocycles. The highest BCUT2D eigenvalue weighted by Gasteiger charge is 2.51. The van der Waals surface area contributed by atoms with Gasteiger partial charge in [0, 0.05) is 60.0 Å². The monoisotopic (exact) mass is 850 g/mol. The second-order valence-electron chi connectivity index (χ2n) is 16.3. The highest BCUT2D eigenvalue weighted by molar-refractivity contribution is 7.81. The summed E-state index contributed by atoms with van der Waals surface area (Å²) in [6.07, 6.45) is -1.11. The highest BCUT2D eigenvalue weighted by Crippen LogP contribution is 2.45. The van der Waals surface area contributed by atoms with Crippen LogP contribution in [-0.4, -0.2) is 95.5 Å². The van der Waals surface area contributed by atoms with Crippen LogP contribution in [0.15, 0.2) is 60.7 Å². The average molecular weight is 851 g/mol. The van der Waals surface area contributed by atoms with Crippen LogP contribution in [0.25, 0.3) is 0 Å². The van der Waals surface area contributed by atoms with Crippen LogP contribution in [0.5, 0.6) is 5.75 Å². The van der Waals surface area contributed by atoms with Gasteiger partial charge in [-0.2, -0.15) is 18.4 Å². The Morgan fingerprint density at radius 1 is 1.03 bits per heavy atom. The summed E-state index contributed by atoms with van der Waals surface area (Å²) in [5.41, 5.74) is -0.0698. The Hall–Kier alpha value is -5.57. The van der Waals surface area contributed by atoms with Gasteiger partial charge in [0.25, 0.3) is 5.91 Å². The lowest BCUT2D eigenvalue weighted by molar-refractivity contribution is -0.138. The van der Waals surface area contributed by atoms with E-state index >= 15 is 0 Å². The van der Waals surface area contributed by atoms with Crippen molar-refractivity contribution in [2.75, 3.05) is 59.8 Å². The van der Waals surface area contributed by atoms with Gasteiger partial charge in [-0.15, -0.1) is 0 Å². The molecule has 17 heteroatoms. The van der Waals surface area contributed by atoms with Crippen LogP contribution in [0.2, 0.25) is 0 Å². The number of rotatable bonds is 12. The van der Waals surface area contributed by atoms with Crippen molar-refractivity contribution in [1.82, 2.24) is 15.1 Å². The van der Waals surface area contributed by atoms with Gasteiger partial charge in [0.05, 0.1) is 29.4 Å². The molecule has 4 aliphatic rings. The van der Waals surface area contributed by atoms with Gasteiger partial charge < -0.3 is 20.3 Å². The molecule has 3 aliphatic heterocycles. The van der Waals surface area contributed by atoms with E-state index in [0.717, 1.165) is 60.7 Å². The van der Waals surface area contributed by atoms with Gasteiger partial charge in [0.1, 0.15) is 23.9 Å². The van der Waals surface area contributed by atoms with Crippen molar-refractivity contribution >= 4 is 63.7 Å². The molecule has 3 N–H and O–H groups in total. The van der Waals surface area contributed by atoms with Crippen molar-refractivity contribution in [3.63, 3.8) is 0 Å². The largest absolute Gasteiger partial charge is 0.492 e. The molecule has 60 heavy (non-hydrogen) atoms. The number of ether oxygens (including phenoxy) is 1. The quantitative estimate of drug-likeness (QED) is 0.131. The summed E-state index contributed by atoms with van der Waals surface area (Å²) in [6, 6.07) is 17.1. The molecular weight excluding hydrogens is 798 g/mol. The molecule has 1 aliphatic carbocycles. The van der Waals surface area contributed by atoms with E-state index in [1.54, 1.807) is 49.1 Å². The second-order valence-corrected chi connectivity index (χ2v) is 16.6. The molecule has 0 spiro atoms. The van der Waals surface area contributed by atoms with E-state index in [4.69, 9.17) is 17.0 Å². The van der Waals surface area contributed by atoms with Gasteiger partial charge in [-0.3, -0.25) is 39.2 Å². The molecule has 4 fully saturated rings. The van der Waals surface area contributed by atoms with E-state index in [9.17, 15) is 37.6 Å². The number of benzene rings is 3. The third-order valence-corrected chi connectivity index (χ3v) is 12.1. The number of anilines is 4. The lowest BCUT2D eigenvalue weighted by atomic mass is 9.79. The van der Waals surface area contributed by atoms with Gasteiger partial charge in [-0.1, -0.05) is 12.5 Å². The minimum absolute atomic E-state index is 0. The number of carbonyl (C=O) groups excluding carboxylic acids is 4. The molecule has 0 aromatic heterocycles. The van der Waals surface area contributed by atoms with Gasteiger partial charge in [-0.05, 0) is 118 Å². The van der Waals surface area contributed by atoms with E-state index in [2.05, 4.69) is 32.7 Å². The summed E-state index contributed by atoms with van der Waals surface area (Å²) < 4.78 is 48.0. The summed E-state index contributed by atoms with van der Waals surface area (Å²) in [6.45, 7) is 8.94. The summed E-state index contributed by atoms with van der Waals surface area (Å²) in [5, 5.41) is 17.8. The Bertz CT molecular complexity index is 2260. The Kier molecular flexibility index (Phi) is 12.2. The SMILES string of the molecule is C[C@@H]1CN(CCOc2ccc(N3C(=S)N(c4ccc(C#N)c(C(F)(F)F)c4)C(=O)C3(C)C)cc2C2CCC2)CCN1CC(=O)Nc1cccc(NC2CCC(=O)NC2=O)c1.[HH].[HH].[HH]. The van der Waals surface area contributed by atoms with E-state index in [-0.39, 0.29) is 57.7 Å². The summed E-state index contributed by atoms with van der Waals surface area (Å²) >= 11 is 5.78. The van der Waals surface area contributed by atoms with Crippen molar-refractivity contribution in [1.29, 1.82) is 5.26 Å². The number of nitriles is 1. The zero-order valence-corrected chi connectivity index (χ0v) is 34.4. The summed E-state index contributed by atoms with van der Waals surface area (Å²) in [4.78, 5) is 57.8. The predicted molar refractivity (Wildman–Crippen MR) is 230 cm³/mol. The Morgan fingerprint density at radius 2 is 1.78 bits per heavy atom. The molecule has 3 saturated heterocycles. The van der Waals surface area contributed by atoms with Gasteiger partial charge in [0.15, 0.2) is 5.11 Å². The fraction of sp³-hybridized carbons (Fsp3) is 0.442. The number of amides is 4. The first-order valence-corrected chi connectivity index (χ1v) is 20.5.